The summed E-state index contributed by atoms with van der Waals surface area (Å²) in [6.07, 6.45) is 2.92. The van der Waals surface area contributed by atoms with E-state index in [0.717, 1.165) is 25.9 Å². The highest BCUT2D eigenvalue weighted by molar-refractivity contribution is 5.76. The van der Waals surface area contributed by atoms with E-state index in [4.69, 9.17) is 0 Å². The van der Waals surface area contributed by atoms with Crippen LogP contribution in [-0.2, 0) is 4.79 Å². The Bertz CT molecular complexity index is 165. The van der Waals surface area contributed by atoms with Gasteiger partial charge in [-0.05, 0) is 18.3 Å². The number of rotatable bonds is 2. The van der Waals surface area contributed by atoms with E-state index in [0.29, 0.717) is 11.3 Å². The lowest BCUT2D eigenvalue weighted by Gasteiger charge is -2.31. The monoisotopic (exact) mass is 169 g/mol. The zero-order chi connectivity index (χ0) is 9.19. The van der Waals surface area contributed by atoms with E-state index >= 15 is 0 Å². The average Bonchev–Trinajstić information content (AvgIpc) is 1.78. The second kappa shape index (κ2) is 3.46. The van der Waals surface area contributed by atoms with Crippen molar-refractivity contribution in [1.29, 1.82) is 0 Å². The lowest BCUT2D eigenvalue weighted by molar-refractivity contribution is -0.135. The van der Waals surface area contributed by atoms with E-state index in [1.54, 1.807) is 0 Å². The van der Waals surface area contributed by atoms with Gasteiger partial charge in [0, 0.05) is 19.5 Å². The van der Waals surface area contributed by atoms with Crippen LogP contribution in [0.3, 0.4) is 0 Å². The van der Waals surface area contributed by atoms with E-state index in [2.05, 4.69) is 20.8 Å². The van der Waals surface area contributed by atoms with E-state index in [1.807, 2.05) is 4.90 Å². The minimum atomic E-state index is 0.292. The van der Waals surface area contributed by atoms with Crippen molar-refractivity contribution in [2.75, 3.05) is 13.1 Å². The summed E-state index contributed by atoms with van der Waals surface area (Å²) < 4.78 is 0. The number of nitrogens with zero attached hydrogens (tertiary/aromatic N) is 1. The van der Waals surface area contributed by atoms with E-state index in [1.165, 1.54) is 6.42 Å². The zero-order valence-electron chi connectivity index (χ0n) is 8.39. The lowest BCUT2D eigenvalue weighted by atomic mass is 9.90. The van der Waals surface area contributed by atoms with Gasteiger partial charge < -0.3 is 4.90 Å². The van der Waals surface area contributed by atoms with Crippen LogP contribution in [0.4, 0.5) is 0 Å². The Hall–Kier alpha value is -0.530. The largest absolute Gasteiger partial charge is 0.343 e. The molecule has 1 fully saturated rings. The van der Waals surface area contributed by atoms with Gasteiger partial charge in [0.2, 0.25) is 5.91 Å². The van der Waals surface area contributed by atoms with Crippen molar-refractivity contribution in [3.63, 3.8) is 0 Å². The number of carbonyl (C=O) groups excluding carboxylic acids is 1. The third-order valence-corrected chi connectivity index (χ3v) is 2.30. The Kier molecular flexibility index (Phi) is 2.76. The molecular weight excluding hydrogens is 150 g/mol. The van der Waals surface area contributed by atoms with Crippen molar-refractivity contribution in [2.24, 2.45) is 5.41 Å². The molecule has 1 rings (SSSR count). The first-order chi connectivity index (χ1) is 5.49. The number of hydrogen-bond acceptors (Lipinski definition) is 1. The van der Waals surface area contributed by atoms with Crippen LogP contribution in [0, 0.1) is 5.41 Å². The maximum atomic E-state index is 11.4. The first-order valence-corrected chi connectivity index (χ1v) is 4.77. The number of carbonyl (C=O) groups is 1. The molecule has 0 aliphatic carbocycles. The Morgan fingerprint density at radius 3 is 2.25 bits per heavy atom. The molecule has 2 heteroatoms. The minimum absolute atomic E-state index is 0.292. The van der Waals surface area contributed by atoms with Gasteiger partial charge in [-0.3, -0.25) is 4.79 Å². The maximum Gasteiger partial charge on any atom is 0.222 e. The molecule has 1 amide bonds. The Morgan fingerprint density at radius 1 is 1.33 bits per heavy atom. The van der Waals surface area contributed by atoms with Gasteiger partial charge in [-0.25, -0.2) is 0 Å². The molecule has 2 nitrogen and oxygen atoms in total. The second-order valence-electron chi connectivity index (χ2n) is 4.80. The molecule has 1 heterocycles. The molecule has 0 radical (unpaired) electrons. The standard InChI is InChI=1S/C10H19NO/c1-10(2,3)6-5-9(12)11-7-4-8-11/h4-8H2,1-3H3. The van der Waals surface area contributed by atoms with Gasteiger partial charge in [0.05, 0.1) is 0 Å². The molecular formula is C10H19NO. The summed E-state index contributed by atoms with van der Waals surface area (Å²) in [7, 11) is 0. The van der Waals surface area contributed by atoms with Crippen LogP contribution in [0.1, 0.15) is 40.0 Å². The third-order valence-electron chi connectivity index (χ3n) is 2.30. The van der Waals surface area contributed by atoms with E-state index in [9.17, 15) is 4.79 Å². The highest BCUT2D eigenvalue weighted by Crippen LogP contribution is 2.21. The van der Waals surface area contributed by atoms with E-state index < -0.39 is 0 Å². The maximum absolute atomic E-state index is 11.4. The minimum Gasteiger partial charge on any atom is -0.343 e. The van der Waals surface area contributed by atoms with Gasteiger partial charge in [0.15, 0.2) is 0 Å². The van der Waals surface area contributed by atoms with Gasteiger partial charge in [0.25, 0.3) is 0 Å². The first kappa shape index (κ1) is 9.56. The Labute approximate surface area is 74.9 Å². The molecule has 0 atom stereocenters. The Balaban J connectivity index is 2.18. The molecule has 0 bridgehead atoms. The SMILES string of the molecule is CC(C)(C)CCC(=O)N1CCC1. The number of hydrogen-bond donors (Lipinski definition) is 0. The van der Waals surface area contributed by atoms with Crippen LogP contribution in [-0.4, -0.2) is 23.9 Å². The zero-order valence-corrected chi connectivity index (χ0v) is 8.39. The third kappa shape index (κ3) is 2.84. The van der Waals surface area contributed by atoms with Crippen molar-refractivity contribution < 1.29 is 4.79 Å². The van der Waals surface area contributed by atoms with Crippen molar-refractivity contribution in [1.82, 2.24) is 4.90 Å². The van der Waals surface area contributed by atoms with Gasteiger partial charge in [-0.1, -0.05) is 20.8 Å². The molecule has 70 valence electrons. The van der Waals surface area contributed by atoms with Gasteiger partial charge in [-0.15, -0.1) is 0 Å². The van der Waals surface area contributed by atoms with Crippen molar-refractivity contribution in [3.8, 4) is 0 Å². The molecule has 1 aliphatic heterocycles. The summed E-state index contributed by atoms with van der Waals surface area (Å²) in [4.78, 5) is 13.3. The molecule has 0 N–H and O–H groups in total. The molecule has 0 spiro atoms. The fraction of sp³-hybridized carbons (Fsp3) is 0.900. The molecule has 12 heavy (non-hydrogen) atoms. The molecule has 1 aliphatic rings. The van der Waals surface area contributed by atoms with Crippen LogP contribution < -0.4 is 0 Å². The first-order valence-electron chi connectivity index (χ1n) is 4.77. The second-order valence-corrected chi connectivity index (χ2v) is 4.80. The van der Waals surface area contributed by atoms with Crippen LogP contribution in [0.15, 0.2) is 0 Å². The van der Waals surface area contributed by atoms with Crippen molar-refractivity contribution in [2.45, 2.75) is 40.0 Å². The lowest BCUT2D eigenvalue weighted by Crippen LogP contribution is -2.42. The summed E-state index contributed by atoms with van der Waals surface area (Å²) in [5, 5.41) is 0. The number of amides is 1. The smallest absolute Gasteiger partial charge is 0.222 e. The van der Waals surface area contributed by atoms with E-state index in [-0.39, 0.29) is 0 Å². The van der Waals surface area contributed by atoms with Crippen LogP contribution in [0.5, 0.6) is 0 Å². The highest BCUT2D eigenvalue weighted by Gasteiger charge is 2.21. The predicted octanol–water partition coefficient (Wildman–Crippen LogP) is 2.04. The summed E-state index contributed by atoms with van der Waals surface area (Å²) in [5.74, 6) is 0.344. The predicted molar refractivity (Wildman–Crippen MR) is 49.9 cm³/mol. The van der Waals surface area contributed by atoms with Crippen LogP contribution in [0.25, 0.3) is 0 Å². The molecule has 1 saturated heterocycles. The molecule has 0 aromatic carbocycles. The van der Waals surface area contributed by atoms with Crippen LogP contribution >= 0.6 is 0 Å². The summed E-state index contributed by atoms with van der Waals surface area (Å²) in [6, 6.07) is 0. The summed E-state index contributed by atoms with van der Waals surface area (Å²) >= 11 is 0. The van der Waals surface area contributed by atoms with Crippen molar-refractivity contribution >= 4 is 5.91 Å². The van der Waals surface area contributed by atoms with Gasteiger partial charge in [-0.2, -0.15) is 0 Å². The topological polar surface area (TPSA) is 20.3 Å². The van der Waals surface area contributed by atoms with Gasteiger partial charge >= 0.3 is 0 Å². The normalized spacial score (nSPS) is 17.4. The van der Waals surface area contributed by atoms with Crippen molar-refractivity contribution in [3.05, 3.63) is 0 Å². The quantitative estimate of drug-likeness (QED) is 0.619. The average molecular weight is 169 g/mol. The fourth-order valence-electron chi connectivity index (χ4n) is 1.21. The fourth-order valence-corrected chi connectivity index (χ4v) is 1.21. The summed E-state index contributed by atoms with van der Waals surface area (Å²) in [6.45, 7) is 8.51. The summed E-state index contributed by atoms with van der Waals surface area (Å²) in [5.41, 5.74) is 0.292. The molecule has 0 aromatic rings. The molecule has 0 saturated carbocycles. The highest BCUT2D eigenvalue weighted by atomic mass is 16.2. The number of likely N-dealkylation sites (tertiary alicyclic amines) is 1. The Morgan fingerprint density at radius 2 is 1.92 bits per heavy atom. The van der Waals surface area contributed by atoms with Crippen LogP contribution in [0.2, 0.25) is 0 Å². The molecule has 0 unspecified atom stereocenters. The van der Waals surface area contributed by atoms with Gasteiger partial charge in [0.1, 0.15) is 0 Å². The molecule has 0 aromatic heterocycles.